The molecule has 0 radical (unpaired) electrons. The van der Waals surface area contributed by atoms with E-state index in [1.54, 1.807) is 0 Å². The molecule has 2 N–H and O–H groups in total. The Hall–Kier alpha value is -0.610. The molecule has 2 rings (SSSR count). The fraction of sp³-hybridized carbons (Fsp3) is 0.909. The van der Waals surface area contributed by atoms with E-state index >= 15 is 0 Å². The predicted octanol–water partition coefficient (Wildman–Crippen LogP) is 0.444. The molecule has 0 aromatic heterocycles. The molecule has 1 aliphatic heterocycles. The molecule has 1 aliphatic carbocycles. The van der Waals surface area contributed by atoms with Crippen LogP contribution in [0.5, 0.6) is 0 Å². The van der Waals surface area contributed by atoms with Crippen molar-refractivity contribution < 1.29 is 14.6 Å². The van der Waals surface area contributed by atoms with E-state index in [4.69, 9.17) is 4.74 Å². The molecule has 0 aromatic rings. The van der Waals surface area contributed by atoms with Crippen molar-refractivity contribution in [2.45, 2.75) is 37.7 Å². The monoisotopic (exact) mass is 213 g/mol. The molecular weight excluding hydrogens is 194 g/mol. The predicted molar refractivity (Wildman–Crippen MR) is 55.4 cm³/mol. The van der Waals surface area contributed by atoms with Gasteiger partial charge in [-0.2, -0.15) is 0 Å². The molecule has 0 bridgehead atoms. The highest BCUT2D eigenvalue weighted by atomic mass is 16.5. The van der Waals surface area contributed by atoms with E-state index < -0.39 is 5.60 Å². The molecule has 1 amide bonds. The molecule has 2 aliphatic rings. The second-order valence-corrected chi connectivity index (χ2v) is 4.71. The molecule has 4 nitrogen and oxygen atoms in total. The van der Waals surface area contributed by atoms with E-state index in [1.165, 1.54) is 0 Å². The molecular formula is C11H19NO3. The van der Waals surface area contributed by atoms with E-state index in [-0.39, 0.29) is 11.8 Å². The Morgan fingerprint density at radius 1 is 1.47 bits per heavy atom. The standard InChI is InChI=1S/C11H19NO3/c13-10(9-3-1-6-15-7-9)12-8-11(14)4-2-5-11/h9,14H,1-8H2,(H,12,13). The molecule has 1 atom stereocenters. The van der Waals surface area contributed by atoms with Crippen LogP contribution in [0.15, 0.2) is 0 Å². The van der Waals surface area contributed by atoms with Crippen LogP contribution in [0.4, 0.5) is 0 Å². The highest BCUT2D eigenvalue weighted by molar-refractivity contribution is 5.78. The summed E-state index contributed by atoms with van der Waals surface area (Å²) < 4.78 is 5.25. The van der Waals surface area contributed by atoms with Gasteiger partial charge in [-0.05, 0) is 32.1 Å². The molecule has 1 saturated carbocycles. The van der Waals surface area contributed by atoms with E-state index in [0.717, 1.165) is 38.7 Å². The normalized spacial score (nSPS) is 29.3. The molecule has 4 heteroatoms. The van der Waals surface area contributed by atoms with Gasteiger partial charge < -0.3 is 15.2 Å². The van der Waals surface area contributed by atoms with Gasteiger partial charge >= 0.3 is 0 Å². The van der Waals surface area contributed by atoms with Crippen LogP contribution in [-0.4, -0.2) is 36.4 Å². The first kappa shape index (κ1) is 10.9. The van der Waals surface area contributed by atoms with Crippen molar-refractivity contribution in [3.05, 3.63) is 0 Å². The Morgan fingerprint density at radius 3 is 2.80 bits per heavy atom. The van der Waals surface area contributed by atoms with Crippen LogP contribution in [0.2, 0.25) is 0 Å². The maximum Gasteiger partial charge on any atom is 0.225 e. The van der Waals surface area contributed by atoms with Crippen LogP contribution in [0, 0.1) is 5.92 Å². The minimum Gasteiger partial charge on any atom is -0.388 e. The van der Waals surface area contributed by atoms with Gasteiger partial charge in [-0.15, -0.1) is 0 Å². The van der Waals surface area contributed by atoms with Gasteiger partial charge in [0.25, 0.3) is 0 Å². The Bertz CT molecular complexity index is 232. The number of aliphatic hydroxyl groups is 1. The summed E-state index contributed by atoms with van der Waals surface area (Å²) >= 11 is 0. The molecule has 15 heavy (non-hydrogen) atoms. The number of hydrogen-bond acceptors (Lipinski definition) is 3. The first-order chi connectivity index (χ1) is 7.20. The van der Waals surface area contributed by atoms with Crippen molar-refractivity contribution in [1.29, 1.82) is 0 Å². The van der Waals surface area contributed by atoms with Gasteiger partial charge in [-0.25, -0.2) is 0 Å². The molecule has 2 fully saturated rings. The van der Waals surface area contributed by atoms with Gasteiger partial charge in [-0.3, -0.25) is 4.79 Å². The topological polar surface area (TPSA) is 58.6 Å². The number of carbonyl (C=O) groups excluding carboxylic acids is 1. The van der Waals surface area contributed by atoms with Gasteiger partial charge in [0, 0.05) is 13.2 Å². The van der Waals surface area contributed by atoms with E-state index in [1.807, 2.05) is 0 Å². The molecule has 1 unspecified atom stereocenters. The van der Waals surface area contributed by atoms with Crippen molar-refractivity contribution in [3.63, 3.8) is 0 Å². The first-order valence-electron chi connectivity index (χ1n) is 5.77. The third-order valence-electron chi connectivity index (χ3n) is 3.41. The molecule has 1 heterocycles. The van der Waals surface area contributed by atoms with Crippen LogP contribution in [0.3, 0.4) is 0 Å². The number of amides is 1. The largest absolute Gasteiger partial charge is 0.388 e. The minimum atomic E-state index is -0.620. The summed E-state index contributed by atoms with van der Waals surface area (Å²) in [7, 11) is 0. The fourth-order valence-electron chi connectivity index (χ4n) is 2.11. The zero-order valence-corrected chi connectivity index (χ0v) is 9.00. The Morgan fingerprint density at radius 2 is 2.27 bits per heavy atom. The lowest BCUT2D eigenvalue weighted by Gasteiger charge is -2.37. The third kappa shape index (κ3) is 2.69. The van der Waals surface area contributed by atoms with Gasteiger partial charge in [0.2, 0.25) is 5.91 Å². The Labute approximate surface area is 90.0 Å². The maximum absolute atomic E-state index is 11.7. The zero-order chi connectivity index (χ0) is 10.7. The van der Waals surface area contributed by atoms with Gasteiger partial charge in [0.1, 0.15) is 0 Å². The smallest absolute Gasteiger partial charge is 0.225 e. The minimum absolute atomic E-state index is 0.0116. The number of rotatable bonds is 3. The second kappa shape index (κ2) is 4.49. The SMILES string of the molecule is O=C(NCC1(O)CCC1)C1CCCOC1. The summed E-state index contributed by atoms with van der Waals surface area (Å²) in [6.45, 7) is 1.71. The summed E-state index contributed by atoms with van der Waals surface area (Å²) in [6.07, 6.45) is 4.56. The van der Waals surface area contributed by atoms with Crippen LogP contribution in [0.1, 0.15) is 32.1 Å². The molecule has 86 valence electrons. The number of ether oxygens (including phenoxy) is 1. The van der Waals surface area contributed by atoms with Gasteiger partial charge in [0.05, 0.1) is 18.1 Å². The van der Waals surface area contributed by atoms with Gasteiger partial charge in [0.15, 0.2) is 0 Å². The van der Waals surface area contributed by atoms with E-state index in [0.29, 0.717) is 13.2 Å². The summed E-state index contributed by atoms with van der Waals surface area (Å²) in [5.74, 6) is 0.0254. The first-order valence-corrected chi connectivity index (χ1v) is 5.77. The van der Waals surface area contributed by atoms with E-state index in [2.05, 4.69) is 5.32 Å². The fourth-order valence-corrected chi connectivity index (χ4v) is 2.11. The van der Waals surface area contributed by atoms with Crippen LogP contribution < -0.4 is 5.32 Å². The van der Waals surface area contributed by atoms with Crippen molar-refractivity contribution in [2.75, 3.05) is 19.8 Å². The second-order valence-electron chi connectivity index (χ2n) is 4.71. The Kier molecular flexibility index (Phi) is 3.26. The number of carbonyl (C=O) groups is 1. The summed E-state index contributed by atoms with van der Waals surface area (Å²) in [6, 6.07) is 0. The molecule has 0 spiro atoms. The highest BCUT2D eigenvalue weighted by Gasteiger charge is 2.35. The number of hydrogen-bond donors (Lipinski definition) is 2. The Balaban J connectivity index is 1.71. The lowest BCUT2D eigenvalue weighted by Crippen LogP contribution is -2.49. The average Bonchev–Trinajstić information content (AvgIpc) is 2.24. The summed E-state index contributed by atoms with van der Waals surface area (Å²) in [5.41, 5.74) is -0.620. The molecule has 1 saturated heterocycles. The van der Waals surface area contributed by atoms with Crippen molar-refractivity contribution in [2.24, 2.45) is 5.92 Å². The van der Waals surface area contributed by atoms with Crippen LogP contribution in [0.25, 0.3) is 0 Å². The summed E-state index contributed by atoms with van der Waals surface area (Å²) in [4.78, 5) is 11.7. The van der Waals surface area contributed by atoms with Gasteiger partial charge in [-0.1, -0.05) is 0 Å². The quantitative estimate of drug-likeness (QED) is 0.715. The summed E-state index contributed by atoms with van der Waals surface area (Å²) in [5, 5.41) is 12.6. The van der Waals surface area contributed by atoms with Crippen molar-refractivity contribution >= 4 is 5.91 Å². The van der Waals surface area contributed by atoms with Crippen LogP contribution >= 0.6 is 0 Å². The van der Waals surface area contributed by atoms with Crippen LogP contribution in [-0.2, 0) is 9.53 Å². The molecule has 0 aromatic carbocycles. The van der Waals surface area contributed by atoms with Crippen molar-refractivity contribution in [1.82, 2.24) is 5.32 Å². The lowest BCUT2D eigenvalue weighted by molar-refractivity contribution is -0.131. The zero-order valence-electron chi connectivity index (χ0n) is 9.00. The lowest BCUT2D eigenvalue weighted by atomic mass is 9.80. The van der Waals surface area contributed by atoms with Crippen molar-refractivity contribution in [3.8, 4) is 0 Å². The third-order valence-corrected chi connectivity index (χ3v) is 3.41. The van der Waals surface area contributed by atoms with E-state index in [9.17, 15) is 9.90 Å². The number of nitrogens with one attached hydrogen (secondary N) is 1. The maximum atomic E-state index is 11.7. The average molecular weight is 213 g/mol. The highest BCUT2D eigenvalue weighted by Crippen LogP contribution is 2.30.